The van der Waals surface area contributed by atoms with Gasteiger partial charge in [0.15, 0.2) is 0 Å². The Kier molecular flexibility index (Phi) is 1.73. The first-order valence-corrected chi connectivity index (χ1v) is 5.34. The van der Waals surface area contributed by atoms with Gasteiger partial charge < -0.3 is 5.32 Å². The summed E-state index contributed by atoms with van der Waals surface area (Å²) in [6, 6.07) is 6.16. The van der Waals surface area contributed by atoms with Gasteiger partial charge in [0.25, 0.3) is 0 Å². The lowest BCUT2D eigenvalue weighted by molar-refractivity contribution is 0.684. The van der Waals surface area contributed by atoms with Crippen LogP contribution in [-0.2, 0) is 0 Å². The van der Waals surface area contributed by atoms with E-state index in [1.165, 1.54) is 16.7 Å². The van der Waals surface area contributed by atoms with Crippen LogP contribution in [0.2, 0.25) is 5.02 Å². The fourth-order valence-corrected chi connectivity index (χ4v) is 2.88. The van der Waals surface area contributed by atoms with Crippen LogP contribution in [0, 0.1) is 5.92 Å². The second kappa shape index (κ2) is 2.85. The summed E-state index contributed by atoms with van der Waals surface area (Å²) in [6.45, 7) is 6.32. The van der Waals surface area contributed by atoms with E-state index >= 15 is 0 Å². The van der Waals surface area contributed by atoms with Crippen molar-refractivity contribution in [2.75, 3.05) is 13.1 Å². The minimum absolute atomic E-state index is 0.600. The number of benzene rings is 1. The first-order chi connectivity index (χ1) is 6.77. The lowest BCUT2D eigenvalue weighted by Gasteiger charge is -2.07. The highest BCUT2D eigenvalue weighted by Gasteiger charge is 2.38. The third kappa shape index (κ3) is 0.999. The Balaban J connectivity index is 2.18. The van der Waals surface area contributed by atoms with Crippen LogP contribution in [0.1, 0.15) is 17.0 Å². The maximum Gasteiger partial charge on any atom is 0.0409 e. The van der Waals surface area contributed by atoms with Crippen LogP contribution in [0.25, 0.3) is 5.57 Å². The lowest BCUT2D eigenvalue weighted by Crippen LogP contribution is -2.09. The molecule has 72 valence electrons. The van der Waals surface area contributed by atoms with E-state index in [-0.39, 0.29) is 0 Å². The maximum absolute atomic E-state index is 6.01. The third-order valence-electron chi connectivity index (χ3n) is 3.42. The zero-order chi connectivity index (χ0) is 9.71. The van der Waals surface area contributed by atoms with Crippen molar-refractivity contribution >= 4 is 17.2 Å². The molecule has 1 aromatic rings. The summed E-state index contributed by atoms with van der Waals surface area (Å²) in [4.78, 5) is 0. The van der Waals surface area contributed by atoms with E-state index in [1.807, 2.05) is 6.07 Å². The molecule has 3 rings (SSSR count). The highest BCUT2D eigenvalue weighted by Crippen LogP contribution is 2.47. The number of halogens is 1. The zero-order valence-corrected chi connectivity index (χ0v) is 8.64. The standard InChI is InChI=1S/C12H12ClN/c1-7-9-3-2-8(13)4-10(9)12-6-14-5-11(7)12/h2-4,11-12,14H,1,5-6H2. The lowest BCUT2D eigenvalue weighted by atomic mass is 9.95. The van der Waals surface area contributed by atoms with Gasteiger partial charge in [-0.1, -0.05) is 24.2 Å². The molecule has 14 heavy (non-hydrogen) atoms. The summed E-state index contributed by atoms with van der Waals surface area (Å²) in [7, 11) is 0. The largest absolute Gasteiger partial charge is 0.315 e. The fourth-order valence-electron chi connectivity index (χ4n) is 2.70. The van der Waals surface area contributed by atoms with E-state index in [1.54, 1.807) is 0 Å². The Morgan fingerprint density at radius 1 is 1.29 bits per heavy atom. The van der Waals surface area contributed by atoms with Crippen molar-refractivity contribution in [1.82, 2.24) is 5.32 Å². The van der Waals surface area contributed by atoms with E-state index in [9.17, 15) is 0 Å². The summed E-state index contributed by atoms with van der Waals surface area (Å²) in [6.07, 6.45) is 0. The van der Waals surface area contributed by atoms with E-state index in [0.29, 0.717) is 11.8 Å². The van der Waals surface area contributed by atoms with Crippen LogP contribution in [0.4, 0.5) is 0 Å². The van der Waals surface area contributed by atoms with Crippen LogP contribution in [0.3, 0.4) is 0 Å². The molecule has 2 unspecified atom stereocenters. The molecule has 1 aromatic carbocycles. The van der Waals surface area contributed by atoms with Crippen molar-refractivity contribution in [3.05, 3.63) is 40.9 Å². The molecule has 1 fully saturated rings. The van der Waals surface area contributed by atoms with E-state index < -0.39 is 0 Å². The molecule has 2 heteroatoms. The maximum atomic E-state index is 6.01. The molecule has 1 aliphatic heterocycles. The number of nitrogens with one attached hydrogen (secondary N) is 1. The smallest absolute Gasteiger partial charge is 0.0409 e. The molecule has 0 spiro atoms. The molecule has 1 nitrogen and oxygen atoms in total. The van der Waals surface area contributed by atoms with Crippen LogP contribution >= 0.6 is 11.6 Å². The topological polar surface area (TPSA) is 12.0 Å². The molecule has 2 atom stereocenters. The predicted molar refractivity (Wildman–Crippen MR) is 59.6 cm³/mol. The van der Waals surface area contributed by atoms with Crippen molar-refractivity contribution < 1.29 is 0 Å². The second-order valence-corrected chi connectivity index (χ2v) is 4.56. The van der Waals surface area contributed by atoms with Crippen molar-refractivity contribution in [2.45, 2.75) is 5.92 Å². The molecule has 1 N–H and O–H groups in total. The molecular weight excluding hydrogens is 194 g/mol. The Morgan fingerprint density at radius 3 is 2.93 bits per heavy atom. The van der Waals surface area contributed by atoms with Crippen LogP contribution in [-0.4, -0.2) is 13.1 Å². The van der Waals surface area contributed by atoms with Crippen molar-refractivity contribution in [2.24, 2.45) is 5.92 Å². The Bertz CT molecular complexity index is 411. The predicted octanol–water partition coefficient (Wildman–Crippen LogP) is 2.67. The summed E-state index contributed by atoms with van der Waals surface area (Å²) in [5.74, 6) is 1.21. The van der Waals surface area contributed by atoms with E-state index in [2.05, 4.69) is 24.0 Å². The van der Waals surface area contributed by atoms with Crippen molar-refractivity contribution in [3.63, 3.8) is 0 Å². The van der Waals surface area contributed by atoms with Gasteiger partial charge in [-0.2, -0.15) is 0 Å². The molecule has 0 aromatic heterocycles. The first-order valence-electron chi connectivity index (χ1n) is 4.96. The normalized spacial score (nSPS) is 29.1. The molecule has 2 aliphatic rings. The SMILES string of the molecule is C=C1c2ccc(Cl)cc2C2CNCC12. The zero-order valence-electron chi connectivity index (χ0n) is 7.89. The average Bonchev–Trinajstić information content (AvgIpc) is 2.71. The number of fused-ring (bicyclic) bond motifs is 3. The summed E-state index contributed by atoms with van der Waals surface area (Å²) in [5, 5.41) is 4.25. The third-order valence-corrected chi connectivity index (χ3v) is 3.66. The number of hydrogen-bond acceptors (Lipinski definition) is 1. The van der Waals surface area contributed by atoms with E-state index in [4.69, 9.17) is 11.6 Å². The average molecular weight is 206 g/mol. The summed E-state index contributed by atoms with van der Waals surface area (Å²) in [5.41, 5.74) is 4.00. The molecule has 1 aliphatic carbocycles. The van der Waals surface area contributed by atoms with Gasteiger partial charge in [-0.25, -0.2) is 0 Å². The van der Waals surface area contributed by atoms with E-state index in [0.717, 1.165) is 18.1 Å². The molecular formula is C12H12ClN. The molecule has 0 saturated carbocycles. The molecule has 0 radical (unpaired) electrons. The Labute approximate surface area is 88.8 Å². The summed E-state index contributed by atoms with van der Waals surface area (Å²) < 4.78 is 0. The quantitative estimate of drug-likeness (QED) is 0.687. The Hall–Kier alpha value is -0.790. The molecule has 1 saturated heterocycles. The van der Waals surface area contributed by atoms with Gasteiger partial charge in [-0.3, -0.25) is 0 Å². The monoisotopic (exact) mass is 205 g/mol. The fraction of sp³-hybridized carbons (Fsp3) is 0.333. The highest BCUT2D eigenvalue weighted by atomic mass is 35.5. The molecule has 0 bridgehead atoms. The second-order valence-electron chi connectivity index (χ2n) is 4.13. The van der Waals surface area contributed by atoms with Gasteiger partial charge in [-0.05, 0) is 28.8 Å². The Morgan fingerprint density at radius 2 is 2.07 bits per heavy atom. The summed E-state index contributed by atoms with van der Waals surface area (Å²) >= 11 is 6.01. The van der Waals surface area contributed by atoms with Gasteiger partial charge in [-0.15, -0.1) is 0 Å². The van der Waals surface area contributed by atoms with Crippen molar-refractivity contribution in [3.8, 4) is 0 Å². The first kappa shape index (κ1) is 8.51. The van der Waals surface area contributed by atoms with Crippen LogP contribution in [0.5, 0.6) is 0 Å². The van der Waals surface area contributed by atoms with Gasteiger partial charge in [0.2, 0.25) is 0 Å². The van der Waals surface area contributed by atoms with Gasteiger partial charge in [0.1, 0.15) is 0 Å². The van der Waals surface area contributed by atoms with Gasteiger partial charge in [0.05, 0.1) is 0 Å². The molecule has 1 heterocycles. The van der Waals surface area contributed by atoms with Gasteiger partial charge >= 0.3 is 0 Å². The minimum atomic E-state index is 0.600. The minimum Gasteiger partial charge on any atom is -0.315 e. The number of hydrogen-bond donors (Lipinski definition) is 1. The van der Waals surface area contributed by atoms with Crippen molar-refractivity contribution in [1.29, 1.82) is 0 Å². The highest BCUT2D eigenvalue weighted by molar-refractivity contribution is 6.30. The number of rotatable bonds is 0. The molecule has 0 amide bonds. The van der Waals surface area contributed by atoms with Gasteiger partial charge in [0, 0.05) is 29.9 Å². The van der Waals surface area contributed by atoms with Crippen LogP contribution in [0.15, 0.2) is 24.8 Å². The van der Waals surface area contributed by atoms with Crippen LogP contribution < -0.4 is 5.32 Å².